The average molecular weight is 232 g/mol. The minimum absolute atomic E-state index is 0.0233. The van der Waals surface area contributed by atoms with Gasteiger partial charge in [0.2, 0.25) is 0 Å². The fourth-order valence-corrected chi connectivity index (χ4v) is 1.66. The second-order valence-corrected chi connectivity index (χ2v) is 3.72. The highest BCUT2D eigenvalue weighted by molar-refractivity contribution is 5.85. The van der Waals surface area contributed by atoms with Gasteiger partial charge in [-0.25, -0.2) is 14.4 Å². The van der Waals surface area contributed by atoms with Crippen molar-refractivity contribution in [3.8, 4) is 0 Å². The van der Waals surface area contributed by atoms with Crippen molar-refractivity contribution in [1.82, 2.24) is 9.80 Å². The summed E-state index contributed by atoms with van der Waals surface area (Å²) in [5, 5.41) is 26.6. The van der Waals surface area contributed by atoms with Crippen molar-refractivity contribution in [3.63, 3.8) is 0 Å². The van der Waals surface area contributed by atoms with Crippen LogP contribution < -0.4 is 0 Å². The fraction of sp³-hybridized carbons (Fsp3) is 0.625. The molecule has 1 rings (SSSR count). The van der Waals surface area contributed by atoms with E-state index in [2.05, 4.69) is 0 Å². The maximum Gasteiger partial charge on any atom is 0.408 e. The lowest BCUT2D eigenvalue weighted by atomic mass is 9.97. The van der Waals surface area contributed by atoms with E-state index < -0.39 is 23.7 Å². The SMILES string of the molecule is CC1(C(=O)O)CN(C(=O)O)CCN1C(=O)O. The molecular formula is C8H12N2O6. The van der Waals surface area contributed by atoms with Gasteiger partial charge in [-0.05, 0) is 6.92 Å². The van der Waals surface area contributed by atoms with Crippen LogP contribution in [0.2, 0.25) is 0 Å². The topological polar surface area (TPSA) is 118 Å². The zero-order chi connectivity index (χ0) is 12.5. The molecule has 1 atom stereocenters. The first-order valence-corrected chi connectivity index (χ1v) is 4.51. The predicted molar refractivity (Wildman–Crippen MR) is 50.4 cm³/mol. The first kappa shape index (κ1) is 12.1. The van der Waals surface area contributed by atoms with Crippen LogP contribution >= 0.6 is 0 Å². The lowest BCUT2D eigenvalue weighted by Crippen LogP contribution is -2.66. The molecule has 0 bridgehead atoms. The molecule has 0 aromatic heterocycles. The highest BCUT2D eigenvalue weighted by Gasteiger charge is 2.47. The summed E-state index contributed by atoms with van der Waals surface area (Å²) < 4.78 is 0. The molecule has 2 amide bonds. The van der Waals surface area contributed by atoms with Gasteiger partial charge in [0.1, 0.15) is 0 Å². The van der Waals surface area contributed by atoms with Gasteiger partial charge < -0.3 is 20.2 Å². The number of hydrogen-bond donors (Lipinski definition) is 3. The van der Waals surface area contributed by atoms with Gasteiger partial charge in [-0.15, -0.1) is 0 Å². The summed E-state index contributed by atoms with van der Waals surface area (Å²) in [6.07, 6.45) is -2.62. The monoisotopic (exact) mass is 232 g/mol. The summed E-state index contributed by atoms with van der Waals surface area (Å²) in [6, 6.07) is 0. The zero-order valence-electron chi connectivity index (χ0n) is 8.58. The first-order chi connectivity index (χ1) is 7.29. The Bertz CT molecular complexity index is 343. The van der Waals surface area contributed by atoms with Crippen molar-refractivity contribution in [2.45, 2.75) is 12.5 Å². The number of amides is 2. The molecule has 0 aromatic carbocycles. The highest BCUT2D eigenvalue weighted by Crippen LogP contribution is 2.22. The molecule has 0 aliphatic carbocycles. The van der Waals surface area contributed by atoms with Gasteiger partial charge in [0.15, 0.2) is 5.54 Å². The minimum atomic E-state index is -1.73. The van der Waals surface area contributed by atoms with E-state index in [4.69, 9.17) is 15.3 Å². The molecule has 1 aliphatic rings. The third-order valence-corrected chi connectivity index (χ3v) is 2.65. The maximum absolute atomic E-state index is 11.0. The Kier molecular flexibility index (Phi) is 2.92. The van der Waals surface area contributed by atoms with Crippen molar-refractivity contribution >= 4 is 18.2 Å². The molecule has 3 N–H and O–H groups in total. The largest absolute Gasteiger partial charge is 0.479 e. The lowest BCUT2D eigenvalue weighted by molar-refractivity contribution is -0.152. The second kappa shape index (κ2) is 3.87. The van der Waals surface area contributed by atoms with E-state index >= 15 is 0 Å². The average Bonchev–Trinajstić information content (AvgIpc) is 2.16. The molecule has 1 fully saturated rings. The molecule has 1 unspecified atom stereocenters. The number of carboxylic acid groups (broad SMARTS) is 3. The Morgan fingerprint density at radius 3 is 2.00 bits per heavy atom. The van der Waals surface area contributed by atoms with Crippen LogP contribution in [0.1, 0.15) is 6.92 Å². The van der Waals surface area contributed by atoms with E-state index in [1.165, 1.54) is 6.92 Å². The lowest BCUT2D eigenvalue weighted by Gasteiger charge is -2.43. The molecule has 0 saturated carbocycles. The zero-order valence-corrected chi connectivity index (χ0v) is 8.58. The Balaban J connectivity index is 2.99. The molecule has 1 aliphatic heterocycles. The van der Waals surface area contributed by atoms with Crippen LogP contribution in [0.15, 0.2) is 0 Å². The first-order valence-electron chi connectivity index (χ1n) is 4.51. The van der Waals surface area contributed by atoms with Gasteiger partial charge in [0.25, 0.3) is 0 Å². The number of piperazine rings is 1. The summed E-state index contributed by atoms with van der Waals surface area (Å²) in [6.45, 7) is 0.650. The highest BCUT2D eigenvalue weighted by atomic mass is 16.4. The van der Waals surface area contributed by atoms with E-state index in [1.807, 2.05) is 0 Å². The number of carbonyl (C=O) groups is 3. The van der Waals surface area contributed by atoms with Crippen LogP contribution in [0.3, 0.4) is 0 Å². The van der Waals surface area contributed by atoms with Gasteiger partial charge in [0, 0.05) is 13.1 Å². The van der Waals surface area contributed by atoms with Crippen molar-refractivity contribution in [2.75, 3.05) is 19.6 Å². The summed E-state index contributed by atoms with van der Waals surface area (Å²) in [5.74, 6) is -1.36. The van der Waals surface area contributed by atoms with Crippen LogP contribution in [-0.2, 0) is 4.79 Å². The standard InChI is InChI=1S/C8H12N2O6/c1-8(5(11)12)4-9(6(13)14)2-3-10(8)7(15)16/h2-4H2,1H3,(H,11,12)(H,13,14)(H,15,16). The Morgan fingerprint density at radius 1 is 1.06 bits per heavy atom. The van der Waals surface area contributed by atoms with E-state index in [-0.39, 0.29) is 19.6 Å². The number of carboxylic acids is 1. The molecule has 8 heteroatoms. The summed E-state index contributed by atoms with van der Waals surface area (Å²) in [7, 11) is 0. The van der Waals surface area contributed by atoms with E-state index in [0.29, 0.717) is 0 Å². The van der Waals surface area contributed by atoms with Gasteiger partial charge in [-0.1, -0.05) is 0 Å². The molecule has 16 heavy (non-hydrogen) atoms. The summed E-state index contributed by atoms with van der Waals surface area (Å²) in [4.78, 5) is 34.2. The van der Waals surface area contributed by atoms with E-state index in [9.17, 15) is 14.4 Å². The molecule has 1 saturated heterocycles. The minimum Gasteiger partial charge on any atom is -0.479 e. The van der Waals surface area contributed by atoms with Crippen molar-refractivity contribution in [1.29, 1.82) is 0 Å². The van der Waals surface area contributed by atoms with E-state index in [0.717, 1.165) is 9.80 Å². The maximum atomic E-state index is 11.0. The molecular weight excluding hydrogens is 220 g/mol. The Morgan fingerprint density at radius 2 is 1.62 bits per heavy atom. The number of hydrogen-bond acceptors (Lipinski definition) is 3. The summed E-state index contributed by atoms with van der Waals surface area (Å²) >= 11 is 0. The number of aliphatic carboxylic acids is 1. The Hall–Kier alpha value is -1.99. The van der Waals surface area contributed by atoms with Gasteiger partial charge in [-0.2, -0.15) is 0 Å². The van der Waals surface area contributed by atoms with Gasteiger partial charge >= 0.3 is 18.2 Å². The fourth-order valence-electron chi connectivity index (χ4n) is 1.66. The third-order valence-electron chi connectivity index (χ3n) is 2.65. The molecule has 90 valence electrons. The molecule has 1 heterocycles. The van der Waals surface area contributed by atoms with Crippen molar-refractivity contribution < 1.29 is 29.7 Å². The van der Waals surface area contributed by atoms with Crippen LogP contribution in [0.25, 0.3) is 0 Å². The molecule has 0 spiro atoms. The van der Waals surface area contributed by atoms with Gasteiger partial charge in [0.05, 0.1) is 6.54 Å². The summed E-state index contributed by atoms with van der Waals surface area (Å²) in [5.41, 5.74) is -1.73. The Labute approximate surface area is 90.7 Å². The van der Waals surface area contributed by atoms with Crippen LogP contribution in [-0.4, -0.2) is 68.4 Å². The predicted octanol–water partition coefficient (Wildman–Crippen LogP) is -0.197. The van der Waals surface area contributed by atoms with Crippen LogP contribution in [0.5, 0.6) is 0 Å². The van der Waals surface area contributed by atoms with Crippen molar-refractivity contribution in [3.05, 3.63) is 0 Å². The smallest absolute Gasteiger partial charge is 0.408 e. The third kappa shape index (κ3) is 1.86. The molecule has 8 nitrogen and oxygen atoms in total. The quantitative estimate of drug-likeness (QED) is 0.576. The normalized spacial score (nSPS) is 25.3. The van der Waals surface area contributed by atoms with Crippen molar-refractivity contribution in [2.24, 2.45) is 0 Å². The molecule has 0 radical (unpaired) electrons. The number of rotatable bonds is 1. The van der Waals surface area contributed by atoms with Crippen LogP contribution in [0.4, 0.5) is 9.59 Å². The number of nitrogens with zero attached hydrogens (tertiary/aromatic N) is 2. The van der Waals surface area contributed by atoms with Gasteiger partial charge in [-0.3, -0.25) is 4.90 Å². The second-order valence-electron chi connectivity index (χ2n) is 3.72. The van der Waals surface area contributed by atoms with E-state index in [1.54, 1.807) is 0 Å². The molecule has 0 aromatic rings. The van der Waals surface area contributed by atoms with Crippen LogP contribution in [0, 0.1) is 0 Å².